The summed E-state index contributed by atoms with van der Waals surface area (Å²) in [4.78, 5) is 0. The molecule has 2 rings (SSSR count). The second-order valence-corrected chi connectivity index (χ2v) is 5.69. The highest BCUT2D eigenvalue weighted by atomic mass is 79.9. The van der Waals surface area contributed by atoms with Crippen LogP contribution in [0.5, 0.6) is 0 Å². The zero-order chi connectivity index (χ0) is 10.7. The lowest BCUT2D eigenvalue weighted by Gasteiger charge is -2.11. The molecule has 1 fully saturated rings. The Morgan fingerprint density at radius 1 is 1.53 bits per heavy atom. The smallest absolute Gasteiger partial charge is 0.137 e. The largest absolute Gasteiger partial charge is 0.309 e. The van der Waals surface area contributed by atoms with Crippen LogP contribution in [0, 0.1) is 5.82 Å². The number of benzene rings is 1. The Kier molecular flexibility index (Phi) is 4.05. The van der Waals surface area contributed by atoms with Crippen molar-refractivity contribution >= 4 is 27.7 Å². The predicted octanol–water partition coefficient (Wildman–Crippen LogP) is 3.18. The summed E-state index contributed by atoms with van der Waals surface area (Å²) in [7, 11) is 0. The number of halogens is 2. The van der Waals surface area contributed by atoms with E-state index in [0.717, 1.165) is 12.1 Å². The van der Waals surface area contributed by atoms with Gasteiger partial charge in [0.1, 0.15) is 5.82 Å². The van der Waals surface area contributed by atoms with Crippen LogP contribution in [-0.2, 0) is 6.54 Å². The molecule has 1 saturated heterocycles. The lowest BCUT2D eigenvalue weighted by molar-refractivity contribution is 0.554. The van der Waals surface area contributed by atoms with Crippen LogP contribution in [0.1, 0.15) is 12.0 Å². The topological polar surface area (TPSA) is 12.0 Å². The highest BCUT2D eigenvalue weighted by Crippen LogP contribution is 2.19. The van der Waals surface area contributed by atoms with E-state index in [2.05, 4.69) is 21.2 Å². The highest BCUT2D eigenvalue weighted by Gasteiger charge is 2.14. The highest BCUT2D eigenvalue weighted by molar-refractivity contribution is 9.10. The molecular weight excluding hydrogens is 277 g/mol. The Morgan fingerprint density at radius 2 is 2.40 bits per heavy atom. The van der Waals surface area contributed by atoms with Gasteiger partial charge in [-0.15, -0.1) is 0 Å². The molecular formula is C11H13BrFNS. The predicted molar refractivity (Wildman–Crippen MR) is 66.7 cm³/mol. The van der Waals surface area contributed by atoms with Crippen molar-refractivity contribution in [1.82, 2.24) is 5.32 Å². The number of hydrogen-bond donors (Lipinski definition) is 1. The summed E-state index contributed by atoms with van der Waals surface area (Å²) < 4.78 is 13.7. The number of rotatable bonds is 3. The third kappa shape index (κ3) is 3.20. The third-order valence-corrected chi connectivity index (χ3v) is 4.31. The first-order valence-corrected chi connectivity index (χ1v) is 6.95. The minimum absolute atomic E-state index is 0.185. The van der Waals surface area contributed by atoms with Crippen molar-refractivity contribution in [3.05, 3.63) is 34.1 Å². The fourth-order valence-corrected chi connectivity index (χ4v) is 3.04. The monoisotopic (exact) mass is 289 g/mol. The van der Waals surface area contributed by atoms with Gasteiger partial charge in [-0.3, -0.25) is 0 Å². The minimum atomic E-state index is -0.185. The zero-order valence-corrected chi connectivity index (χ0v) is 10.7. The van der Waals surface area contributed by atoms with E-state index in [1.54, 1.807) is 12.1 Å². The average Bonchev–Trinajstić information content (AvgIpc) is 2.73. The molecule has 1 aromatic rings. The van der Waals surface area contributed by atoms with Gasteiger partial charge < -0.3 is 5.32 Å². The van der Waals surface area contributed by atoms with Crippen molar-refractivity contribution in [2.75, 3.05) is 11.5 Å². The van der Waals surface area contributed by atoms with Crippen LogP contribution in [0.4, 0.5) is 4.39 Å². The maximum atomic E-state index is 13.2. The Hall–Kier alpha value is -0.0600. The van der Waals surface area contributed by atoms with Crippen molar-refractivity contribution in [1.29, 1.82) is 0 Å². The maximum absolute atomic E-state index is 13.2. The lowest BCUT2D eigenvalue weighted by atomic mass is 10.2. The quantitative estimate of drug-likeness (QED) is 0.917. The van der Waals surface area contributed by atoms with Crippen LogP contribution in [0.25, 0.3) is 0 Å². The fourth-order valence-electron chi connectivity index (χ4n) is 1.61. The van der Waals surface area contributed by atoms with Gasteiger partial charge >= 0.3 is 0 Å². The molecule has 0 amide bonds. The second-order valence-electron chi connectivity index (χ2n) is 3.69. The molecule has 4 heteroatoms. The Bertz CT molecular complexity index is 339. The van der Waals surface area contributed by atoms with Crippen LogP contribution in [-0.4, -0.2) is 17.5 Å². The molecule has 1 aliphatic heterocycles. The van der Waals surface area contributed by atoms with Gasteiger partial charge in [-0.05, 0) is 45.8 Å². The summed E-state index contributed by atoms with van der Waals surface area (Å²) in [6.07, 6.45) is 1.23. The van der Waals surface area contributed by atoms with Gasteiger partial charge in [-0.1, -0.05) is 6.07 Å². The number of hydrogen-bond acceptors (Lipinski definition) is 2. The first-order valence-electron chi connectivity index (χ1n) is 5.01. The van der Waals surface area contributed by atoms with E-state index < -0.39 is 0 Å². The van der Waals surface area contributed by atoms with E-state index in [0.29, 0.717) is 10.5 Å². The van der Waals surface area contributed by atoms with Gasteiger partial charge in [0, 0.05) is 18.3 Å². The van der Waals surface area contributed by atoms with Crippen molar-refractivity contribution in [3.63, 3.8) is 0 Å². The molecule has 15 heavy (non-hydrogen) atoms. The Morgan fingerprint density at radius 3 is 3.07 bits per heavy atom. The summed E-state index contributed by atoms with van der Waals surface area (Å²) in [5.74, 6) is 2.24. The molecule has 0 saturated carbocycles. The first kappa shape index (κ1) is 11.4. The molecule has 1 unspecified atom stereocenters. The molecule has 1 heterocycles. The molecule has 0 aliphatic carbocycles. The summed E-state index contributed by atoms with van der Waals surface area (Å²) >= 11 is 5.13. The SMILES string of the molecule is Fc1cc(CNC2CCSC2)ccc1Br. The van der Waals surface area contributed by atoms with Crippen LogP contribution in [0.3, 0.4) is 0 Å². The summed E-state index contributed by atoms with van der Waals surface area (Å²) in [6, 6.07) is 5.89. The second kappa shape index (κ2) is 5.32. The third-order valence-electron chi connectivity index (χ3n) is 2.51. The van der Waals surface area contributed by atoms with Gasteiger partial charge in [0.2, 0.25) is 0 Å². The van der Waals surface area contributed by atoms with Crippen molar-refractivity contribution in [2.24, 2.45) is 0 Å². The number of nitrogens with one attached hydrogen (secondary N) is 1. The molecule has 0 bridgehead atoms. The van der Waals surface area contributed by atoms with E-state index in [1.165, 1.54) is 17.9 Å². The van der Waals surface area contributed by atoms with E-state index in [-0.39, 0.29) is 5.82 Å². The standard InChI is InChI=1S/C11H13BrFNS/c12-10-2-1-8(5-11(10)13)6-14-9-3-4-15-7-9/h1-2,5,9,14H,3-4,6-7H2. The normalized spacial score (nSPS) is 20.8. The molecule has 0 aromatic heterocycles. The van der Waals surface area contributed by atoms with Crippen molar-refractivity contribution in [3.8, 4) is 0 Å². The molecule has 1 nitrogen and oxygen atoms in total. The summed E-state index contributed by atoms with van der Waals surface area (Å²) in [5.41, 5.74) is 1.01. The fraction of sp³-hybridized carbons (Fsp3) is 0.455. The molecule has 1 atom stereocenters. The molecule has 0 spiro atoms. The summed E-state index contributed by atoms with van der Waals surface area (Å²) in [5, 5.41) is 3.44. The number of thioether (sulfide) groups is 1. The van der Waals surface area contributed by atoms with Crippen LogP contribution >= 0.6 is 27.7 Å². The van der Waals surface area contributed by atoms with Crippen LogP contribution < -0.4 is 5.32 Å². The average molecular weight is 290 g/mol. The minimum Gasteiger partial charge on any atom is -0.309 e. The van der Waals surface area contributed by atoms with Gasteiger partial charge in [0.15, 0.2) is 0 Å². The maximum Gasteiger partial charge on any atom is 0.137 e. The Balaban J connectivity index is 1.90. The molecule has 1 aliphatic rings. The van der Waals surface area contributed by atoms with E-state index in [4.69, 9.17) is 0 Å². The van der Waals surface area contributed by atoms with E-state index in [1.807, 2.05) is 17.8 Å². The van der Waals surface area contributed by atoms with Gasteiger partial charge in [-0.2, -0.15) is 11.8 Å². The summed E-state index contributed by atoms with van der Waals surface area (Å²) in [6.45, 7) is 0.759. The molecule has 0 radical (unpaired) electrons. The zero-order valence-electron chi connectivity index (χ0n) is 8.30. The molecule has 1 N–H and O–H groups in total. The van der Waals surface area contributed by atoms with Gasteiger partial charge in [-0.25, -0.2) is 4.39 Å². The molecule has 1 aromatic carbocycles. The van der Waals surface area contributed by atoms with Gasteiger partial charge in [0.25, 0.3) is 0 Å². The Labute approximate surface area is 102 Å². The van der Waals surface area contributed by atoms with E-state index in [9.17, 15) is 4.39 Å². The van der Waals surface area contributed by atoms with Crippen molar-refractivity contribution in [2.45, 2.75) is 19.0 Å². The van der Waals surface area contributed by atoms with E-state index >= 15 is 0 Å². The van der Waals surface area contributed by atoms with Crippen molar-refractivity contribution < 1.29 is 4.39 Å². The first-order chi connectivity index (χ1) is 7.25. The lowest BCUT2D eigenvalue weighted by Crippen LogP contribution is -2.27. The van der Waals surface area contributed by atoms with Crippen LogP contribution in [0.15, 0.2) is 22.7 Å². The molecule has 82 valence electrons. The van der Waals surface area contributed by atoms with Crippen LogP contribution in [0.2, 0.25) is 0 Å². The van der Waals surface area contributed by atoms with Gasteiger partial charge in [0.05, 0.1) is 4.47 Å².